The number of carbonyl (C=O) groups excluding carboxylic acids is 1. The van der Waals surface area contributed by atoms with Crippen LogP contribution in [0.15, 0.2) is 0 Å². The summed E-state index contributed by atoms with van der Waals surface area (Å²) in [6.07, 6.45) is 0.787. The average molecular weight is 183 g/mol. The van der Waals surface area contributed by atoms with Crippen molar-refractivity contribution in [3.05, 3.63) is 0 Å². The van der Waals surface area contributed by atoms with Gasteiger partial charge in [0.25, 0.3) is 0 Å². The predicted octanol–water partition coefficient (Wildman–Crippen LogP) is 0.390. The lowest BCUT2D eigenvalue weighted by Crippen LogP contribution is -2.34. The minimum absolute atomic E-state index is 0.0271. The molecule has 0 aliphatic rings. The van der Waals surface area contributed by atoms with Crippen molar-refractivity contribution in [3.8, 4) is 6.07 Å². The number of nitrogens with one attached hydrogen (secondary N) is 1. The number of rotatable bonds is 5. The Morgan fingerprint density at radius 2 is 2.23 bits per heavy atom. The molecule has 0 aromatic carbocycles. The Balaban J connectivity index is 3.68. The largest absolute Gasteiger partial charge is 0.353 e. The molecule has 0 saturated heterocycles. The SMILES string of the molecule is CC(CN)CC(=O)NC(C)CC#N. The number of hydrogen-bond donors (Lipinski definition) is 2. The van der Waals surface area contributed by atoms with Crippen molar-refractivity contribution in [2.45, 2.75) is 32.7 Å². The first kappa shape index (κ1) is 11.9. The molecule has 0 aromatic rings. The summed E-state index contributed by atoms with van der Waals surface area (Å²) in [5.74, 6) is 0.176. The van der Waals surface area contributed by atoms with E-state index in [4.69, 9.17) is 11.0 Å². The van der Waals surface area contributed by atoms with Crippen LogP contribution in [-0.2, 0) is 4.79 Å². The van der Waals surface area contributed by atoms with Crippen LogP contribution >= 0.6 is 0 Å². The minimum atomic E-state index is -0.0672. The maximum atomic E-state index is 11.2. The lowest BCUT2D eigenvalue weighted by Gasteiger charge is -2.12. The fourth-order valence-electron chi connectivity index (χ4n) is 0.922. The number of amides is 1. The summed E-state index contributed by atoms with van der Waals surface area (Å²) in [6.45, 7) is 4.25. The van der Waals surface area contributed by atoms with Crippen molar-refractivity contribution in [1.82, 2.24) is 5.32 Å². The molecule has 0 spiro atoms. The molecule has 3 N–H and O–H groups in total. The van der Waals surface area contributed by atoms with Gasteiger partial charge >= 0.3 is 0 Å². The minimum Gasteiger partial charge on any atom is -0.353 e. The van der Waals surface area contributed by atoms with E-state index in [9.17, 15) is 4.79 Å². The first-order valence-corrected chi connectivity index (χ1v) is 4.46. The van der Waals surface area contributed by atoms with E-state index < -0.39 is 0 Å². The molecular formula is C9H17N3O. The smallest absolute Gasteiger partial charge is 0.220 e. The van der Waals surface area contributed by atoms with Gasteiger partial charge in [0.2, 0.25) is 5.91 Å². The summed E-state index contributed by atoms with van der Waals surface area (Å²) in [6, 6.07) is 1.93. The normalized spacial score (nSPS) is 14.3. The third-order valence-electron chi connectivity index (χ3n) is 1.74. The fourth-order valence-corrected chi connectivity index (χ4v) is 0.922. The van der Waals surface area contributed by atoms with Crippen molar-refractivity contribution in [3.63, 3.8) is 0 Å². The van der Waals surface area contributed by atoms with E-state index in [1.807, 2.05) is 19.9 Å². The molecule has 74 valence electrons. The van der Waals surface area contributed by atoms with Gasteiger partial charge in [-0.3, -0.25) is 4.79 Å². The van der Waals surface area contributed by atoms with E-state index >= 15 is 0 Å². The van der Waals surface area contributed by atoms with Crippen LogP contribution in [0.5, 0.6) is 0 Å². The van der Waals surface area contributed by atoms with Gasteiger partial charge in [0.1, 0.15) is 0 Å². The van der Waals surface area contributed by atoms with E-state index in [0.29, 0.717) is 19.4 Å². The van der Waals surface area contributed by atoms with Crippen LogP contribution < -0.4 is 11.1 Å². The molecular weight excluding hydrogens is 166 g/mol. The Hall–Kier alpha value is -1.08. The summed E-state index contributed by atoms with van der Waals surface area (Å²) in [7, 11) is 0. The molecule has 2 unspecified atom stereocenters. The number of nitriles is 1. The number of hydrogen-bond acceptors (Lipinski definition) is 3. The molecule has 0 heterocycles. The number of nitrogens with zero attached hydrogens (tertiary/aromatic N) is 1. The van der Waals surface area contributed by atoms with Crippen molar-refractivity contribution in [1.29, 1.82) is 5.26 Å². The van der Waals surface area contributed by atoms with Crippen LogP contribution in [0.2, 0.25) is 0 Å². The zero-order valence-electron chi connectivity index (χ0n) is 8.21. The van der Waals surface area contributed by atoms with Crippen molar-refractivity contribution in [2.75, 3.05) is 6.54 Å². The van der Waals surface area contributed by atoms with Gasteiger partial charge in [-0.05, 0) is 19.4 Å². The first-order chi connectivity index (χ1) is 6.10. The highest BCUT2D eigenvalue weighted by atomic mass is 16.1. The predicted molar refractivity (Wildman–Crippen MR) is 50.7 cm³/mol. The molecule has 0 radical (unpaired) electrons. The van der Waals surface area contributed by atoms with Crippen molar-refractivity contribution < 1.29 is 4.79 Å². The summed E-state index contributed by atoms with van der Waals surface area (Å²) in [5, 5.41) is 11.1. The second kappa shape index (κ2) is 6.44. The van der Waals surface area contributed by atoms with Gasteiger partial charge in [0.05, 0.1) is 12.5 Å². The quantitative estimate of drug-likeness (QED) is 0.647. The zero-order valence-corrected chi connectivity index (χ0v) is 8.21. The van der Waals surface area contributed by atoms with E-state index in [1.54, 1.807) is 0 Å². The Morgan fingerprint density at radius 3 is 2.69 bits per heavy atom. The van der Waals surface area contributed by atoms with E-state index in [2.05, 4.69) is 5.32 Å². The van der Waals surface area contributed by atoms with Gasteiger partial charge in [-0.25, -0.2) is 0 Å². The monoisotopic (exact) mass is 183 g/mol. The Bertz CT molecular complexity index is 198. The lowest BCUT2D eigenvalue weighted by molar-refractivity contribution is -0.122. The van der Waals surface area contributed by atoms with E-state index in [-0.39, 0.29) is 17.9 Å². The maximum Gasteiger partial charge on any atom is 0.220 e. The summed E-state index contributed by atoms with van der Waals surface area (Å²) < 4.78 is 0. The molecule has 0 aromatic heterocycles. The molecule has 4 heteroatoms. The van der Waals surface area contributed by atoms with Crippen molar-refractivity contribution in [2.24, 2.45) is 11.7 Å². The van der Waals surface area contributed by atoms with Crippen LogP contribution in [-0.4, -0.2) is 18.5 Å². The van der Waals surface area contributed by atoms with Gasteiger partial charge in [-0.2, -0.15) is 5.26 Å². The second-order valence-corrected chi connectivity index (χ2v) is 3.38. The van der Waals surface area contributed by atoms with Crippen LogP contribution in [0.4, 0.5) is 0 Å². The van der Waals surface area contributed by atoms with Gasteiger partial charge in [-0.1, -0.05) is 6.92 Å². The zero-order chi connectivity index (χ0) is 10.3. The molecule has 0 rings (SSSR count). The van der Waals surface area contributed by atoms with Crippen molar-refractivity contribution >= 4 is 5.91 Å². The van der Waals surface area contributed by atoms with Crippen LogP contribution in [0.3, 0.4) is 0 Å². The van der Waals surface area contributed by atoms with Crippen LogP contribution in [0, 0.1) is 17.2 Å². The second-order valence-electron chi connectivity index (χ2n) is 3.38. The first-order valence-electron chi connectivity index (χ1n) is 4.46. The van der Waals surface area contributed by atoms with Crippen LogP contribution in [0.1, 0.15) is 26.7 Å². The van der Waals surface area contributed by atoms with Crippen LogP contribution in [0.25, 0.3) is 0 Å². The Morgan fingerprint density at radius 1 is 1.62 bits per heavy atom. The molecule has 0 saturated carbocycles. The molecule has 0 aliphatic carbocycles. The van der Waals surface area contributed by atoms with E-state index in [0.717, 1.165) is 0 Å². The maximum absolute atomic E-state index is 11.2. The Kier molecular flexibility index (Phi) is 5.90. The number of carbonyl (C=O) groups is 1. The topological polar surface area (TPSA) is 78.9 Å². The Labute approximate surface area is 79.1 Å². The van der Waals surface area contributed by atoms with Gasteiger partial charge < -0.3 is 11.1 Å². The molecule has 0 fully saturated rings. The molecule has 4 nitrogen and oxygen atoms in total. The molecule has 1 amide bonds. The summed E-state index contributed by atoms with van der Waals surface area (Å²) >= 11 is 0. The highest BCUT2D eigenvalue weighted by Crippen LogP contribution is 1.99. The highest BCUT2D eigenvalue weighted by molar-refractivity contribution is 5.76. The third kappa shape index (κ3) is 6.12. The van der Waals surface area contributed by atoms with E-state index in [1.165, 1.54) is 0 Å². The summed E-state index contributed by atoms with van der Waals surface area (Å²) in [4.78, 5) is 11.2. The molecule has 0 aliphatic heterocycles. The standard InChI is InChI=1S/C9H17N3O/c1-7(6-11)5-9(13)12-8(2)3-4-10/h7-8H,3,5-6,11H2,1-2H3,(H,12,13). The van der Waals surface area contributed by atoms with Gasteiger partial charge in [0, 0.05) is 12.5 Å². The molecule has 13 heavy (non-hydrogen) atoms. The lowest BCUT2D eigenvalue weighted by atomic mass is 10.1. The molecule has 2 atom stereocenters. The van der Waals surface area contributed by atoms with Gasteiger partial charge in [0.15, 0.2) is 0 Å². The summed E-state index contributed by atoms with van der Waals surface area (Å²) in [5.41, 5.74) is 5.38. The van der Waals surface area contributed by atoms with Gasteiger partial charge in [-0.15, -0.1) is 0 Å². The third-order valence-corrected chi connectivity index (χ3v) is 1.74. The average Bonchev–Trinajstić information content (AvgIpc) is 2.04. The fraction of sp³-hybridized carbons (Fsp3) is 0.778. The highest BCUT2D eigenvalue weighted by Gasteiger charge is 2.09. The molecule has 0 bridgehead atoms. The number of nitrogens with two attached hydrogens (primary N) is 1.